The zero-order chi connectivity index (χ0) is 12.5. The van der Waals surface area contributed by atoms with Gasteiger partial charge in [0.1, 0.15) is 17.9 Å². The molecule has 3 aromatic rings. The quantitative estimate of drug-likeness (QED) is 0.745. The second kappa shape index (κ2) is 4.14. The second-order valence-electron chi connectivity index (χ2n) is 4.05. The van der Waals surface area contributed by atoms with Crippen molar-refractivity contribution in [1.82, 2.24) is 9.97 Å². The SMILES string of the molecule is CNc1ncnc2oc(C)c(-c3ccccc3)c12. The standard InChI is InChI=1S/C14H13N3O/c1-9-11(10-6-4-3-5-7-10)12-13(15-2)16-8-17-14(12)18-9/h3-8H,1-2H3,(H,15,16,17). The monoisotopic (exact) mass is 239 g/mol. The van der Waals surface area contributed by atoms with Gasteiger partial charge in [0.15, 0.2) is 0 Å². The average Bonchev–Trinajstić information content (AvgIpc) is 2.75. The number of aromatic nitrogens is 2. The average molecular weight is 239 g/mol. The summed E-state index contributed by atoms with van der Waals surface area (Å²) in [6.45, 7) is 1.95. The second-order valence-corrected chi connectivity index (χ2v) is 4.05. The van der Waals surface area contributed by atoms with E-state index in [2.05, 4.69) is 27.4 Å². The highest BCUT2D eigenvalue weighted by molar-refractivity contribution is 6.00. The third kappa shape index (κ3) is 1.54. The molecule has 90 valence electrons. The summed E-state index contributed by atoms with van der Waals surface area (Å²) >= 11 is 0. The molecule has 1 aromatic carbocycles. The number of anilines is 1. The molecule has 0 unspecified atom stereocenters. The number of nitrogens with zero attached hydrogens (tertiary/aromatic N) is 2. The van der Waals surface area contributed by atoms with E-state index in [4.69, 9.17) is 4.42 Å². The van der Waals surface area contributed by atoms with Crippen LogP contribution in [0.2, 0.25) is 0 Å². The van der Waals surface area contributed by atoms with Crippen molar-refractivity contribution in [3.05, 3.63) is 42.4 Å². The normalized spacial score (nSPS) is 10.8. The highest BCUT2D eigenvalue weighted by atomic mass is 16.3. The Morgan fingerprint density at radius 2 is 1.89 bits per heavy atom. The largest absolute Gasteiger partial charge is 0.442 e. The van der Waals surface area contributed by atoms with Crippen LogP contribution in [-0.2, 0) is 0 Å². The number of nitrogens with one attached hydrogen (secondary N) is 1. The van der Waals surface area contributed by atoms with E-state index in [1.54, 1.807) is 0 Å². The number of furan rings is 1. The summed E-state index contributed by atoms with van der Waals surface area (Å²) < 4.78 is 5.70. The van der Waals surface area contributed by atoms with Gasteiger partial charge in [-0.2, -0.15) is 0 Å². The van der Waals surface area contributed by atoms with Crippen LogP contribution < -0.4 is 5.32 Å². The molecule has 0 aliphatic carbocycles. The van der Waals surface area contributed by atoms with Crippen LogP contribution in [0.25, 0.3) is 22.2 Å². The fourth-order valence-electron chi connectivity index (χ4n) is 2.19. The minimum absolute atomic E-state index is 0.616. The number of hydrogen-bond acceptors (Lipinski definition) is 4. The van der Waals surface area contributed by atoms with Crippen molar-refractivity contribution in [2.75, 3.05) is 12.4 Å². The molecule has 0 aliphatic rings. The van der Waals surface area contributed by atoms with Crippen molar-refractivity contribution >= 4 is 16.9 Å². The van der Waals surface area contributed by atoms with Gasteiger partial charge in [-0.1, -0.05) is 30.3 Å². The molecule has 4 heteroatoms. The maximum absolute atomic E-state index is 5.70. The first-order valence-electron chi connectivity index (χ1n) is 5.78. The Balaban J connectivity index is 2.38. The molecule has 0 aliphatic heterocycles. The Morgan fingerprint density at radius 3 is 2.61 bits per heavy atom. The van der Waals surface area contributed by atoms with E-state index >= 15 is 0 Å². The van der Waals surface area contributed by atoms with E-state index in [-0.39, 0.29) is 0 Å². The van der Waals surface area contributed by atoms with E-state index < -0.39 is 0 Å². The molecule has 2 aromatic heterocycles. The third-order valence-corrected chi connectivity index (χ3v) is 2.96. The molecule has 0 fully saturated rings. The molecule has 0 bridgehead atoms. The van der Waals surface area contributed by atoms with Gasteiger partial charge >= 0.3 is 0 Å². The summed E-state index contributed by atoms with van der Waals surface area (Å²) in [6.07, 6.45) is 1.51. The van der Waals surface area contributed by atoms with Gasteiger partial charge < -0.3 is 9.73 Å². The summed E-state index contributed by atoms with van der Waals surface area (Å²) in [5, 5.41) is 4.02. The molecule has 0 atom stereocenters. The molecule has 2 heterocycles. The van der Waals surface area contributed by atoms with Crippen LogP contribution in [0.15, 0.2) is 41.1 Å². The van der Waals surface area contributed by atoms with E-state index in [1.807, 2.05) is 32.2 Å². The number of benzene rings is 1. The van der Waals surface area contributed by atoms with Gasteiger partial charge in [0.05, 0.1) is 5.39 Å². The molecule has 3 rings (SSSR count). The predicted octanol–water partition coefficient (Wildman–Crippen LogP) is 3.24. The van der Waals surface area contributed by atoms with Crippen molar-refractivity contribution in [1.29, 1.82) is 0 Å². The number of fused-ring (bicyclic) bond motifs is 1. The summed E-state index contributed by atoms with van der Waals surface area (Å²) in [5.41, 5.74) is 2.78. The lowest BCUT2D eigenvalue weighted by molar-refractivity contribution is 0.568. The van der Waals surface area contributed by atoms with Crippen LogP contribution in [0.1, 0.15) is 5.76 Å². The lowest BCUT2D eigenvalue weighted by Crippen LogP contribution is -1.94. The molecule has 0 spiro atoms. The maximum Gasteiger partial charge on any atom is 0.232 e. The van der Waals surface area contributed by atoms with E-state index in [9.17, 15) is 0 Å². The first-order valence-corrected chi connectivity index (χ1v) is 5.78. The van der Waals surface area contributed by atoms with Crippen molar-refractivity contribution in [3.8, 4) is 11.1 Å². The molecular formula is C14H13N3O. The predicted molar refractivity (Wildman–Crippen MR) is 71.5 cm³/mol. The minimum atomic E-state index is 0.616. The fourth-order valence-corrected chi connectivity index (χ4v) is 2.19. The lowest BCUT2D eigenvalue weighted by atomic mass is 10.0. The summed E-state index contributed by atoms with van der Waals surface area (Å²) in [5.74, 6) is 1.64. The Kier molecular flexibility index (Phi) is 2.48. The van der Waals surface area contributed by atoms with E-state index in [0.717, 1.165) is 28.1 Å². The van der Waals surface area contributed by atoms with Gasteiger partial charge in [-0.3, -0.25) is 0 Å². The van der Waals surface area contributed by atoms with Gasteiger partial charge in [-0.05, 0) is 12.5 Å². The summed E-state index contributed by atoms with van der Waals surface area (Å²) in [7, 11) is 1.85. The number of aryl methyl sites for hydroxylation is 1. The first kappa shape index (κ1) is 10.8. The van der Waals surface area contributed by atoms with E-state index in [0.29, 0.717) is 5.71 Å². The number of rotatable bonds is 2. The van der Waals surface area contributed by atoms with Crippen LogP contribution in [-0.4, -0.2) is 17.0 Å². The van der Waals surface area contributed by atoms with Crippen LogP contribution in [0.3, 0.4) is 0 Å². The molecule has 18 heavy (non-hydrogen) atoms. The van der Waals surface area contributed by atoms with Gasteiger partial charge in [0.2, 0.25) is 5.71 Å². The highest BCUT2D eigenvalue weighted by Crippen LogP contribution is 2.36. The zero-order valence-corrected chi connectivity index (χ0v) is 10.3. The van der Waals surface area contributed by atoms with Crippen LogP contribution in [0.5, 0.6) is 0 Å². The van der Waals surface area contributed by atoms with Gasteiger partial charge in [0.25, 0.3) is 0 Å². The molecule has 0 saturated carbocycles. The molecule has 1 N–H and O–H groups in total. The topological polar surface area (TPSA) is 51.0 Å². The minimum Gasteiger partial charge on any atom is -0.442 e. The van der Waals surface area contributed by atoms with E-state index in [1.165, 1.54) is 6.33 Å². The number of hydrogen-bond donors (Lipinski definition) is 1. The highest BCUT2D eigenvalue weighted by Gasteiger charge is 2.17. The molecular weight excluding hydrogens is 226 g/mol. The third-order valence-electron chi connectivity index (χ3n) is 2.96. The fraction of sp³-hybridized carbons (Fsp3) is 0.143. The maximum atomic E-state index is 5.70. The Morgan fingerprint density at radius 1 is 1.11 bits per heavy atom. The van der Waals surface area contributed by atoms with Crippen molar-refractivity contribution in [3.63, 3.8) is 0 Å². The van der Waals surface area contributed by atoms with Crippen molar-refractivity contribution in [2.24, 2.45) is 0 Å². The summed E-state index contributed by atoms with van der Waals surface area (Å²) in [6, 6.07) is 10.1. The zero-order valence-electron chi connectivity index (χ0n) is 10.3. The molecule has 0 saturated heterocycles. The molecule has 0 radical (unpaired) electrons. The van der Waals surface area contributed by atoms with Crippen LogP contribution >= 0.6 is 0 Å². The van der Waals surface area contributed by atoms with Gasteiger partial charge in [-0.25, -0.2) is 9.97 Å². The molecule has 0 amide bonds. The Hall–Kier alpha value is -2.36. The molecule has 4 nitrogen and oxygen atoms in total. The van der Waals surface area contributed by atoms with Gasteiger partial charge in [-0.15, -0.1) is 0 Å². The Labute approximate surface area is 105 Å². The smallest absolute Gasteiger partial charge is 0.232 e. The summed E-state index contributed by atoms with van der Waals surface area (Å²) in [4.78, 5) is 8.42. The van der Waals surface area contributed by atoms with Crippen molar-refractivity contribution < 1.29 is 4.42 Å². The van der Waals surface area contributed by atoms with Crippen LogP contribution in [0.4, 0.5) is 5.82 Å². The first-order chi connectivity index (χ1) is 8.81. The Bertz CT molecular complexity index is 689. The lowest BCUT2D eigenvalue weighted by Gasteiger charge is -2.03. The van der Waals surface area contributed by atoms with Gasteiger partial charge in [0, 0.05) is 12.6 Å². The van der Waals surface area contributed by atoms with Crippen molar-refractivity contribution in [2.45, 2.75) is 6.92 Å². The van der Waals surface area contributed by atoms with Crippen LogP contribution in [0, 0.1) is 6.92 Å².